The van der Waals surface area contributed by atoms with Crippen LogP contribution >= 0.6 is 0 Å². The number of aliphatic hydroxyl groups excluding tert-OH is 1. The van der Waals surface area contributed by atoms with Crippen LogP contribution in [0.2, 0.25) is 0 Å². The molecule has 0 radical (unpaired) electrons. The average Bonchev–Trinajstić information content (AvgIpc) is 2.57. The topological polar surface area (TPSA) is 64.3 Å². The molecule has 0 aliphatic rings. The van der Waals surface area contributed by atoms with Gasteiger partial charge in [0.2, 0.25) is 0 Å². The van der Waals surface area contributed by atoms with Gasteiger partial charge in [0.1, 0.15) is 6.33 Å². The Labute approximate surface area is 75.2 Å². The van der Waals surface area contributed by atoms with E-state index in [4.69, 9.17) is 9.94 Å². The molecule has 5 nitrogen and oxygen atoms in total. The van der Waals surface area contributed by atoms with Gasteiger partial charge >= 0.3 is 5.97 Å². The molecular formula is C8H10N2O3. The van der Waals surface area contributed by atoms with E-state index in [1.807, 2.05) is 0 Å². The fourth-order valence-electron chi connectivity index (χ4n) is 0.698. The van der Waals surface area contributed by atoms with Gasteiger partial charge in [0.05, 0.1) is 6.20 Å². The van der Waals surface area contributed by atoms with Crippen molar-refractivity contribution in [2.75, 3.05) is 6.61 Å². The number of carbonyl (C=O) groups excluding carboxylic acids is 1. The summed E-state index contributed by atoms with van der Waals surface area (Å²) in [6.07, 6.45) is 4.55. The highest BCUT2D eigenvalue weighted by Gasteiger charge is 2.08. The van der Waals surface area contributed by atoms with Gasteiger partial charge in [-0.15, -0.1) is 0 Å². The number of aliphatic hydroxyl groups is 1. The molecule has 0 saturated carbocycles. The third kappa shape index (κ3) is 2.72. The Balaban J connectivity index is 2.46. The summed E-state index contributed by atoms with van der Waals surface area (Å²) in [7, 11) is 0. The van der Waals surface area contributed by atoms with Crippen LogP contribution in [0.25, 0.3) is 0 Å². The van der Waals surface area contributed by atoms with Crippen molar-refractivity contribution < 1.29 is 14.7 Å². The highest BCUT2D eigenvalue weighted by Crippen LogP contribution is 1.97. The van der Waals surface area contributed by atoms with Gasteiger partial charge in [-0.25, -0.2) is 9.78 Å². The highest BCUT2D eigenvalue weighted by molar-refractivity contribution is 5.87. The van der Waals surface area contributed by atoms with Crippen LogP contribution in [-0.4, -0.2) is 27.4 Å². The number of aromatic nitrogens is 2. The second kappa shape index (κ2) is 4.42. The third-order valence-corrected chi connectivity index (χ3v) is 1.37. The van der Waals surface area contributed by atoms with E-state index in [2.05, 4.69) is 11.6 Å². The fraction of sp³-hybridized carbons (Fsp3) is 0.250. The molecule has 13 heavy (non-hydrogen) atoms. The van der Waals surface area contributed by atoms with Gasteiger partial charge in [-0.3, -0.25) is 0 Å². The van der Waals surface area contributed by atoms with E-state index >= 15 is 0 Å². The van der Waals surface area contributed by atoms with Gasteiger partial charge < -0.3 is 9.94 Å². The van der Waals surface area contributed by atoms with E-state index < -0.39 is 5.97 Å². The molecule has 70 valence electrons. The molecule has 0 atom stereocenters. The second-order valence-corrected chi connectivity index (χ2v) is 2.38. The molecular weight excluding hydrogens is 172 g/mol. The first-order chi connectivity index (χ1) is 6.24. The maximum atomic E-state index is 11.1. The van der Waals surface area contributed by atoms with Crippen molar-refractivity contribution in [2.45, 2.75) is 6.42 Å². The lowest BCUT2D eigenvalue weighted by Gasteiger charge is -2.03. The molecule has 0 unspecified atom stereocenters. The lowest BCUT2D eigenvalue weighted by Crippen LogP contribution is -2.20. The van der Waals surface area contributed by atoms with Crippen molar-refractivity contribution in [3.05, 3.63) is 30.9 Å². The van der Waals surface area contributed by atoms with Crippen molar-refractivity contribution in [2.24, 2.45) is 0 Å². The molecule has 0 aromatic carbocycles. The van der Waals surface area contributed by atoms with Crippen molar-refractivity contribution in [1.82, 2.24) is 9.71 Å². The summed E-state index contributed by atoms with van der Waals surface area (Å²) in [6, 6.07) is 0. The minimum atomic E-state index is -0.563. The largest absolute Gasteiger partial charge is 0.396 e. The first kappa shape index (κ1) is 9.47. The summed E-state index contributed by atoms with van der Waals surface area (Å²) in [4.78, 5) is 19.6. The zero-order chi connectivity index (χ0) is 9.68. The number of rotatable bonds is 4. The molecule has 0 spiro atoms. The molecule has 1 aromatic heterocycles. The van der Waals surface area contributed by atoms with E-state index in [-0.39, 0.29) is 18.6 Å². The molecule has 1 aromatic rings. The SMILES string of the molecule is C=C(CCO)C(=O)On1ccnc1. The zero-order valence-electron chi connectivity index (χ0n) is 7.01. The summed E-state index contributed by atoms with van der Waals surface area (Å²) in [5.74, 6) is -0.563. The van der Waals surface area contributed by atoms with Gasteiger partial charge in [0, 0.05) is 24.8 Å². The van der Waals surface area contributed by atoms with Crippen LogP contribution in [-0.2, 0) is 4.79 Å². The highest BCUT2D eigenvalue weighted by atomic mass is 16.7. The van der Waals surface area contributed by atoms with Crippen LogP contribution in [0.1, 0.15) is 6.42 Å². The van der Waals surface area contributed by atoms with Crippen molar-refractivity contribution >= 4 is 5.97 Å². The lowest BCUT2D eigenvalue weighted by atomic mass is 10.2. The molecule has 1 heterocycles. The Kier molecular flexibility index (Phi) is 3.22. The predicted molar refractivity (Wildman–Crippen MR) is 44.7 cm³/mol. The quantitative estimate of drug-likeness (QED) is 0.653. The van der Waals surface area contributed by atoms with E-state index in [0.29, 0.717) is 0 Å². The van der Waals surface area contributed by atoms with Crippen molar-refractivity contribution in [3.8, 4) is 0 Å². The van der Waals surface area contributed by atoms with Crippen LogP contribution in [0.5, 0.6) is 0 Å². The summed E-state index contributed by atoms with van der Waals surface area (Å²) >= 11 is 0. The second-order valence-electron chi connectivity index (χ2n) is 2.38. The third-order valence-electron chi connectivity index (χ3n) is 1.37. The van der Waals surface area contributed by atoms with Crippen LogP contribution in [0.4, 0.5) is 0 Å². The van der Waals surface area contributed by atoms with E-state index in [9.17, 15) is 4.79 Å². The standard InChI is InChI=1S/C8H10N2O3/c1-7(2-5-11)8(12)13-10-4-3-9-6-10/h3-4,6,11H,1-2,5H2. The van der Waals surface area contributed by atoms with Crippen molar-refractivity contribution in [1.29, 1.82) is 0 Å². The van der Waals surface area contributed by atoms with Crippen molar-refractivity contribution in [3.63, 3.8) is 0 Å². The Morgan fingerprint density at radius 3 is 3.00 bits per heavy atom. The molecule has 1 rings (SSSR count). The number of carbonyl (C=O) groups is 1. The number of nitrogens with zero attached hydrogens (tertiary/aromatic N) is 2. The normalized spacial score (nSPS) is 9.62. The Hall–Kier alpha value is -1.62. The van der Waals surface area contributed by atoms with Gasteiger partial charge in [-0.1, -0.05) is 6.58 Å². The minimum absolute atomic E-state index is 0.113. The monoisotopic (exact) mass is 182 g/mol. The number of hydrogen-bond acceptors (Lipinski definition) is 4. The molecule has 1 N–H and O–H groups in total. The Bertz CT molecular complexity index is 292. The van der Waals surface area contributed by atoms with Gasteiger partial charge in [0.15, 0.2) is 0 Å². The van der Waals surface area contributed by atoms with Crippen LogP contribution in [0, 0.1) is 0 Å². The van der Waals surface area contributed by atoms with Crippen LogP contribution in [0.3, 0.4) is 0 Å². The van der Waals surface area contributed by atoms with Crippen LogP contribution in [0.15, 0.2) is 30.9 Å². The molecule has 0 fully saturated rings. The molecule has 0 bridgehead atoms. The molecule has 5 heteroatoms. The maximum Gasteiger partial charge on any atom is 0.359 e. The fourth-order valence-corrected chi connectivity index (χ4v) is 0.698. The lowest BCUT2D eigenvalue weighted by molar-refractivity contribution is -0.139. The minimum Gasteiger partial charge on any atom is -0.396 e. The molecule has 0 saturated heterocycles. The first-order valence-corrected chi connectivity index (χ1v) is 3.73. The molecule has 0 aliphatic carbocycles. The molecule has 0 amide bonds. The maximum absolute atomic E-state index is 11.1. The molecule has 0 aliphatic heterocycles. The Morgan fingerprint density at radius 1 is 1.69 bits per heavy atom. The summed E-state index contributed by atoms with van der Waals surface area (Å²) in [5, 5.41) is 8.52. The summed E-state index contributed by atoms with van der Waals surface area (Å²) in [5.41, 5.74) is 0.233. The van der Waals surface area contributed by atoms with E-state index in [1.54, 1.807) is 0 Å². The average molecular weight is 182 g/mol. The van der Waals surface area contributed by atoms with E-state index in [1.165, 1.54) is 23.5 Å². The van der Waals surface area contributed by atoms with Gasteiger partial charge in [-0.05, 0) is 0 Å². The predicted octanol–water partition coefficient (Wildman–Crippen LogP) is -0.223. The first-order valence-electron chi connectivity index (χ1n) is 3.73. The van der Waals surface area contributed by atoms with Crippen LogP contribution < -0.4 is 4.84 Å². The zero-order valence-corrected chi connectivity index (χ0v) is 7.01. The smallest absolute Gasteiger partial charge is 0.359 e. The van der Waals surface area contributed by atoms with Gasteiger partial charge in [-0.2, -0.15) is 4.73 Å². The van der Waals surface area contributed by atoms with E-state index in [0.717, 1.165) is 0 Å². The van der Waals surface area contributed by atoms with Gasteiger partial charge in [0.25, 0.3) is 0 Å². The number of imidazole rings is 1. The summed E-state index contributed by atoms with van der Waals surface area (Å²) < 4.78 is 1.17. The summed E-state index contributed by atoms with van der Waals surface area (Å²) in [6.45, 7) is 3.34. The number of hydrogen-bond donors (Lipinski definition) is 1. The Morgan fingerprint density at radius 2 is 2.46 bits per heavy atom.